The van der Waals surface area contributed by atoms with Crippen LogP contribution < -0.4 is 0 Å². The van der Waals surface area contributed by atoms with E-state index in [0.717, 1.165) is 16.3 Å². The molecule has 1 aliphatic heterocycles. The van der Waals surface area contributed by atoms with E-state index in [2.05, 4.69) is 0 Å². The van der Waals surface area contributed by atoms with Crippen molar-refractivity contribution in [1.29, 1.82) is 0 Å². The summed E-state index contributed by atoms with van der Waals surface area (Å²) in [4.78, 5) is 25.6. The maximum atomic E-state index is 12.4. The van der Waals surface area contributed by atoms with Crippen LogP contribution in [0.2, 0.25) is 0 Å². The van der Waals surface area contributed by atoms with Gasteiger partial charge in [0, 0.05) is 27.4 Å². The van der Waals surface area contributed by atoms with Crippen molar-refractivity contribution in [1.82, 2.24) is 4.90 Å². The van der Waals surface area contributed by atoms with Gasteiger partial charge in [0.25, 0.3) is 5.91 Å². The fourth-order valence-corrected chi connectivity index (χ4v) is 2.68. The summed E-state index contributed by atoms with van der Waals surface area (Å²) in [7, 11) is 1.69. The fraction of sp³-hybridized carbons (Fsp3) is 0.263. The highest BCUT2D eigenvalue weighted by Gasteiger charge is 2.37. The van der Waals surface area contributed by atoms with Gasteiger partial charge in [-0.15, -0.1) is 0 Å². The number of cyclic esters (lactones) is 1. The maximum absolute atomic E-state index is 12.4. The number of carbonyl (C=O) groups is 2. The molecular weight excluding hydrogens is 306 g/mol. The standard InChI is InChI=1S/C19H19NO4/c1-19(2)23-16(18(22)24-19)11-17(21)20(3)12-14-9-6-8-13-7-4-5-10-15(13)14/h4-11H,12H2,1-3H3/b16-11-. The molecule has 0 saturated carbocycles. The molecule has 0 aliphatic carbocycles. The summed E-state index contributed by atoms with van der Waals surface area (Å²) in [6.45, 7) is 3.68. The smallest absolute Gasteiger partial charge is 0.377 e. The van der Waals surface area contributed by atoms with E-state index in [1.54, 1.807) is 20.9 Å². The molecule has 2 aromatic carbocycles. The first kappa shape index (κ1) is 16.1. The van der Waals surface area contributed by atoms with Crippen molar-refractivity contribution in [2.75, 3.05) is 7.05 Å². The van der Waals surface area contributed by atoms with Crippen LogP contribution in [0.25, 0.3) is 10.8 Å². The lowest BCUT2D eigenvalue weighted by molar-refractivity contribution is -0.159. The molecule has 0 atom stereocenters. The summed E-state index contributed by atoms with van der Waals surface area (Å²) in [6.07, 6.45) is 1.18. The van der Waals surface area contributed by atoms with Gasteiger partial charge in [-0.1, -0.05) is 42.5 Å². The lowest BCUT2D eigenvalue weighted by Crippen LogP contribution is -2.25. The molecule has 3 rings (SSSR count). The van der Waals surface area contributed by atoms with Gasteiger partial charge in [-0.25, -0.2) is 4.79 Å². The molecule has 1 fully saturated rings. The topological polar surface area (TPSA) is 55.8 Å². The van der Waals surface area contributed by atoms with Gasteiger partial charge in [0.2, 0.25) is 11.5 Å². The van der Waals surface area contributed by atoms with Crippen molar-refractivity contribution in [3.8, 4) is 0 Å². The minimum absolute atomic E-state index is 0.0604. The zero-order valence-electron chi connectivity index (χ0n) is 13.9. The molecule has 1 saturated heterocycles. The fourth-order valence-electron chi connectivity index (χ4n) is 2.68. The average Bonchev–Trinajstić information content (AvgIpc) is 2.79. The van der Waals surface area contributed by atoms with E-state index in [1.807, 2.05) is 42.5 Å². The predicted octanol–water partition coefficient (Wildman–Crippen LogP) is 2.99. The molecule has 1 amide bonds. The molecule has 2 aromatic rings. The lowest BCUT2D eigenvalue weighted by atomic mass is 10.0. The van der Waals surface area contributed by atoms with Gasteiger partial charge >= 0.3 is 5.97 Å². The molecule has 5 nitrogen and oxygen atoms in total. The molecule has 0 radical (unpaired) electrons. The van der Waals surface area contributed by atoms with Gasteiger partial charge in [-0.2, -0.15) is 0 Å². The summed E-state index contributed by atoms with van der Waals surface area (Å²) in [5, 5.41) is 2.23. The molecule has 24 heavy (non-hydrogen) atoms. The Labute approximate surface area is 140 Å². The molecular formula is C19H19NO4. The van der Waals surface area contributed by atoms with E-state index in [4.69, 9.17) is 9.47 Å². The number of hydrogen-bond acceptors (Lipinski definition) is 4. The number of nitrogens with zero attached hydrogens (tertiary/aromatic N) is 1. The van der Waals surface area contributed by atoms with Crippen LogP contribution >= 0.6 is 0 Å². The summed E-state index contributed by atoms with van der Waals surface area (Å²) in [5.74, 6) is -2.02. The Bertz CT molecular complexity index is 833. The number of amides is 1. The van der Waals surface area contributed by atoms with Crippen LogP contribution in [0.15, 0.2) is 54.3 Å². The minimum atomic E-state index is -1.03. The van der Waals surface area contributed by atoms with E-state index in [0.29, 0.717) is 6.54 Å². The van der Waals surface area contributed by atoms with Crippen LogP contribution in [0, 0.1) is 0 Å². The third-order valence-electron chi connectivity index (χ3n) is 3.81. The van der Waals surface area contributed by atoms with Crippen LogP contribution in [0.4, 0.5) is 0 Å². The Hall–Kier alpha value is -2.82. The zero-order valence-corrected chi connectivity index (χ0v) is 13.9. The number of ether oxygens (including phenoxy) is 2. The molecule has 0 aromatic heterocycles. The molecule has 0 bridgehead atoms. The number of hydrogen-bond donors (Lipinski definition) is 0. The summed E-state index contributed by atoms with van der Waals surface area (Å²) in [6, 6.07) is 14.0. The van der Waals surface area contributed by atoms with Crippen molar-refractivity contribution in [2.45, 2.75) is 26.2 Å². The van der Waals surface area contributed by atoms with Crippen molar-refractivity contribution in [3.05, 3.63) is 59.9 Å². The van der Waals surface area contributed by atoms with E-state index in [-0.39, 0.29) is 11.7 Å². The first-order valence-corrected chi connectivity index (χ1v) is 7.71. The quantitative estimate of drug-likeness (QED) is 0.643. The number of benzene rings is 2. The summed E-state index contributed by atoms with van der Waals surface area (Å²) < 4.78 is 10.4. The average molecular weight is 325 g/mol. The first-order chi connectivity index (χ1) is 11.4. The van der Waals surface area contributed by atoms with E-state index in [1.165, 1.54) is 11.0 Å². The molecule has 0 N–H and O–H groups in total. The van der Waals surface area contributed by atoms with Gasteiger partial charge < -0.3 is 14.4 Å². The van der Waals surface area contributed by atoms with Crippen molar-refractivity contribution in [3.63, 3.8) is 0 Å². The number of rotatable bonds is 3. The van der Waals surface area contributed by atoms with Crippen molar-refractivity contribution in [2.24, 2.45) is 0 Å². The van der Waals surface area contributed by atoms with Gasteiger partial charge in [0.05, 0.1) is 6.08 Å². The predicted molar refractivity (Wildman–Crippen MR) is 89.8 cm³/mol. The second-order valence-electron chi connectivity index (χ2n) is 6.23. The van der Waals surface area contributed by atoms with Crippen LogP contribution in [-0.4, -0.2) is 29.6 Å². The maximum Gasteiger partial charge on any atom is 0.377 e. The molecule has 124 valence electrons. The minimum Gasteiger partial charge on any atom is -0.445 e. The molecule has 5 heteroatoms. The van der Waals surface area contributed by atoms with Gasteiger partial charge in [-0.05, 0) is 16.3 Å². The molecule has 0 spiro atoms. The van der Waals surface area contributed by atoms with Crippen molar-refractivity contribution >= 4 is 22.6 Å². The summed E-state index contributed by atoms with van der Waals surface area (Å²) >= 11 is 0. The lowest BCUT2D eigenvalue weighted by Gasteiger charge is -2.17. The van der Waals surface area contributed by atoms with Crippen LogP contribution in [0.1, 0.15) is 19.4 Å². The largest absolute Gasteiger partial charge is 0.445 e. The van der Waals surface area contributed by atoms with Crippen LogP contribution in [0.5, 0.6) is 0 Å². The number of fused-ring (bicyclic) bond motifs is 1. The highest BCUT2D eigenvalue weighted by atomic mass is 16.8. The normalized spacial score (nSPS) is 17.6. The highest BCUT2D eigenvalue weighted by Crippen LogP contribution is 2.26. The van der Waals surface area contributed by atoms with Gasteiger partial charge in [0.15, 0.2) is 0 Å². The molecule has 1 heterocycles. The van der Waals surface area contributed by atoms with E-state index < -0.39 is 11.8 Å². The Kier molecular flexibility index (Phi) is 4.01. The Morgan fingerprint density at radius 1 is 1.12 bits per heavy atom. The number of carbonyl (C=O) groups excluding carboxylic acids is 2. The summed E-state index contributed by atoms with van der Waals surface area (Å²) in [5.41, 5.74) is 1.04. The zero-order chi connectivity index (χ0) is 17.3. The number of esters is 1. The van der Waals surface area contributed by atoms with Crippen LogP contribution in [-0.2, 0) is 25.6 Å². The van der Waals surface area contributed by atoms with Gasteiger partial charge in [0.1, 0.15) is 0 Å². The van der Waals surface area contributed by atoms with Crippen molar-refractivity contribution < 1.29 is 19.1 Å². The van der Waals surface area contributed by atoms with E-state index in [9.17, 15) is 9.59 Å². The Morgan fingerprint density at radius 3 is 2.54 bits per heavy atom. The van der Waals surface area contributed by atoms with Gasteiger partial charge in [-0.3, -0.25) is 4.79 Å². The second kappa shape index (κ2) is 6.00. The Morgan fingerprint density at radius 2 is 1.83 bits per heavy atom. The molecule has 0 unspecified atom stereocenters. The molecule has 1 aliphatic rings. The third-order valence-corrected chi connectivity index (χ3v) is 3.81. The van der Waals surface area contributed by atoms with Crippen LogP contribution in [0.3, 0.4) is 0 Å². The third kappa shape index (κ3) is 3.25. The SMILES string of the molecule is CN(Cc1cccc2ccccc12)C(=O)/C=C1\OC(C)(C)OC1=O. The number of likely N-dealkylation sites (N-methyl/N-ethyl adjacent to an activating group) is 1. The highest BCUT2D eigenvalue weighted by molar-refractivity contribution is 5.98. The monoisotopic (exact) mass is 325 g/mol. The van der Waals surface area contributed by atoms with E-state index >= 15 is 0 Å². The first-order valence-electron chi connectivity index (χ1n) is 7.71. The second-order valence-corrected chi connectivity index (χ2v) is 6.23. The Balaban J connectivity index is 1.78.